The molecule has 2 aromatic carbocycles. The summed E-state index contributed by atoms with van der Waals surface area (Å²) in [6.07, 6.45) is 0.0991. The molecule has 4 nitrogen and oxygen atoms in total. The number of carbonyl (C=O) groups excluding carboxylic acids is 2. The zero-order chi connectivity index (χ0) is 16.5. The number of rotatable bonds is 7. The van der Waals surface area contributed by atoms with E-state index in [4.69, 9.17) is 9.47 Å². The van der Waals surface area contributed by atoms with E-state index in [1.165, 1.54) is 0 Å². The first-order valence-corrected chi connectivity index (χ1v) is 7.67. The molecule has 23 heavy (non-hydrogen) atoms. The minimum absolute atomic E-state index is 0.00257. The van der Waals surface area contributed by atoms with Crippen molar-refractivity contribution in [1.29, 1.82) is 0 Å². The third-order valence-corrected chi connectivity index (χ3v) is 3.25. The van der Waals surface area contributed by atoms with Crippen molar-refractivity contribution >= 4 is 11.9 Å². The molecular formula is C19H20O4. The van der Waals surface area contributed by atoms with Gasteiger partial charge in [-0.2, -0.15) is 0 Å². The maximum Gasteiger partial charge on any atom is 0.338 e. The fourth-order valence-corrected chi connectivity index (χ4v) is 2.09. The molecule has 0 unspecified atom stereocenters. The Morgan fingerprint density at radius 1 is 0.957 bits per heavy atom. The third kappa shape index (κ3) is 5.25. The molecule has 0 radical (unpaired) electrons. The van der Waals surface area contributed by atoms with Crippen LogP contribution in [0.3, 0.4) is 0 Å². The highest BCUT2D eigenvalue weighted by Gasteiger charge is 2.22. The van der Waals surface area contributed by atoms with Crippen LogP contribution in [0.2, 0.25) is 0 Å². The molecular weight excluding hydrogens is 292 g/mol. The molecule has 0 heterocycles. The Labute approximate surface area is 136 Å². The molecule has 120 valence electrons. The van der Waals surface area contributed by atoms with Crippen LogP contribution in [-0.4, -0.2) is 18.5 Å². The summed E-state index contributed by atoms with van der Waals surface area (Å²) in [7, 11) is 0. The van der Waals surface area contributed by atoms with Crippen LogP contribution in [0.4, 0.5) is 0 Å². The summed E-state index contributed by atoms with van der Waals surface area (Å²) in [6.45, 7) is 2.30. The molecule has 0 aliphatic carbocycles. The van der Waals surface area contributed by atoms with Gasteiger partial charge in [0.15, 0.2) is 0 Å². The summed E-state index contributed by atoms with van der Waals surface area (Å²) in [5.41, 5.74) is 1.22. The first-order valence-electron chi connectivity index (χ1n) is 7.67. The highest BCUT2D eigenvalue weighted by Crippen LogP contribution is 2.23. The summed E-state index contributed by atoms with van der Waals surface area (Å²) in [5, 5.41) is 0. The van der Waals surface area contributed by atoms with Crippen molar-refractivity contribution in [3.63, 3.8) is 0 Å². The Hall–Kier alpha value is -2.62. The van der Waals surface area contributed by atoms with Crippen molar-refractivity contribution in [2.45, 2.75) is 25.9 Å². The number of hydrogen-bond acceptors (Lipinski definition) is 4. The van der Waals surface area contributed by atoms with Gasteiger partial charge in [-0.3, -0.25) is 4.79 Å². The molecule has 0 spiro atoms. The predicted molar refractivity (Wildman–Crippen MR) is 86.9 cm³/mol. The smallest absolute Gasteiger partial charge is 0.338 e. The van der Waals surface area contributed by atoms with E-state index in [1.807, 2.05) is 43.3 Å². The lowest BCUT2D eigenvalue weighted by Crippen LogP contribution is -2.17. The number of carbonyl (C=O) groups is 2. The first kappa shape index (κ1) is 16.7. The highest BCUT2D eigenvalue weighted by atomic mass is 16.6. The van der Waals surface area contributed by atoms with Crippen LogP contribution in [0.25, 0.3) is 0 Å². The molecule has 1 atom stereocenters. The van der Waals surface area contributed by atoms with Crippen molar-refractivity contribution in [2.75, 3.05) is 6.61 Å². The van der Waals surface area contributed by atoms with Crippen LogP contribution in [0.15, 0.2) is 60.7 Å². The molecule has 0 aliphatic rings. The predicted octanol–water partition coefficient (Wildman–Crippen LogP) is 3.93. The van der Waals surface area contributed by atoms with E-state index in [0.717, 1.165) is 12.0 Å². The lowest BCUT2D eigenvalue weighted by Gasteiger charge is -2.18. The fourth-order valence-electron chi connectivity index (χ4n) is 2.09. The van der Waals surface area contributed by atoms with Crippen LogP contribution >= 0.6 is 0 Å². The molecule has 0 saturated carbocycles. The second-order valence-corrected chi connectivity index (χ2v) is 5.10. The second-order valence-electron chi connectivity index (χ2n) is 5.10. The van der Waals surface area contributed by atoms with Gasteiger partial charge in [0, 0.05) is 0 Å². The minimum atomic E-state index is -0.659. The molecule has 2 aromatic rings. The lowest BCUT2D eigenvalue weighted by molar-refractivity contribution is -0.146. The van der Waals surface area contributed by atoms with Crippen LogP contribution < -0.4 is 0 Å². The van der Waals surface area contributed by atoms with E-state index in [1.54, 1.807) is 24.3 Å². The fraction of sp³-hybridized carbons (Fsp3) is 0.263. The summed E-state index contributed by atoms with van der Waals surface area (Å²) < 4.78 is 10.6. The summed E-state index contributed by atoms with van der Waals surface area (Å²) in [4.78, 5) is 24.1. The Morgan fingerprint density at radius 3 is 2.17 bits per heavy atom. The van der Waals surface area contributed by atoms with Crippen molar-refractivity contribution in [2.24, 2.45) is 0 Å². The first-order chi connectivity index (χ1) is 11.2. The SMILES string of the molecule is CCCOC(=O)C[C@@H](OC(=O)c1ccccc1)c1ccccc1. The molecule has 0 bridgehead atoms. The van der Waals surface area contributed by atoms with Gasteiger partial charge in [0.25, 0.3) is 0 Å². The third-order valence-electron chi connectivity index (χ3n) is 3.25. The summed E-state index contributed by atoms with van der Waals surface area (Å²) in [6, 6.07) is 17.9. The quantitative estimate of drug-likeness (QED) is 0.727. The normalized spacial score (nSPS) is 11.5. The lowest BCUT2D eigenvalue weighted by atomic mass is 10.1. The maximum absolute atomic E-state index is 12.2. The summed E-state index contributed by atoms with van der Waals surface area (Å²) in [5.74, 6) is -0.829. The van der Waals surface area contributed by atoms with E-state index in [2.05, 4.69) is 0 Å². The second kappa shape index (κ2) is 8.73. The van der Waals surface area contributed by atoms with E-state index in [0.29, 0.717) is 12.2 Å². The van der Waals surface area contributed by atoms with Crippen LogP contribution in [0, 0.1) is 0 Å². The van der Waals surface area contributed by atoms with Gasteiger partial charge < -0.3 is 9.47 Å². The standard InChI is InChI=1S/C19H20O4/c1-2-13-22-18(20)14-17(15-9-5-3-6-10-15)23-19(21)16-11-7-4-8-12-16/h3-12,17H,2,13-14H2,1H3/t17-/m1/s1. The molecule has 0 amide bonds. The molecule has 4 heteroatoms. The molecule has 0 aromatic heterocycles. The Bertz CT molecular complexity index is 622. The highest BCUT2D eigenvalue weighted by molar-refractivity contribution is 5.89. The van der Waals surface area contributed by atoms with Gasteiger partial charge >= 0.3 is 11.9 Å². The average Bonchev–Trinajstić information content (AvgIpc) is 2.61. The van der Waals surface area contributed by atoms with Gasteiger partial charge in [-0.1, -0.05) is 55.5 Å². The van der Waals surface area contributed by atoms with Crippen molar-refractivity contribution in [1.82, 2.24) is 0 Å². The number of esters is 2. The van der Waals surface area contributed by atoms with E-state index < -0.39 is 12.1 Å². The molecule has 0 N–H and O–H groups in total. The molecule has 2 rings (SSSR count). The largest absolute Gasteiger partial charge is 0.466 e. The number of hydrogen-bond donors (Lipinski definition) is 0. The Balaban J connectivity index is 2.10. The summed E-state index contributed by atoms with van der Waals surface area (Å²) >= 11 is 0. The minimum Gasteiger partial charge on any atom is -0.466 e. The zero-order valence-electron chi connectivity index (χ0n) is 13.1. The van der Waals surface area contributed by atoms with Crippen LogP contribution in [0.5, 0.6) is 0 Å². The van der Waals surface area contributed by atoms with E-state index >= 15 is 0 Å². The number of ether oxygens (including phenoxy) is 2. The topological polar surface area (TPSA) is 52.6 Å². The van der Waals surface area contributed by atoms with Crippen LogP contribution in [-0.2, 0) is 14.3 Å². The van der Waals surface area contributed by atoms with Gasteiger partial charge in [0.05, 0.1) is 18.6 Å². The van der Waals surface area contributed by atoms with E-state index in [-0.39, 0.29) is 12.4 Å². The van der Waals surface area contributed by atoms with Gasteiger partial charge in [-0.25, -0.2) is 4.79 Å². The molecule has 0 aliphatic heterocycles. The van der Waals surface area contributed by atoms with Gasteiger partial charge in [0.1, 0.15) is 6.10 Å². The van der Waals surface area contributed by atoms with Crippen molar-refractivity contribution < 1.29 is 19.1 Å². The van der Waals surface area contributed by atoms with Gasteiger partial charge in [-0.05, 0) is 24.1 Å². The monoisotopic (exact) mass is 312 g/mol. The van der Waals surface area contributed by atoms with Gasteiger partial charge in [0.2, 0.25) is 0 Å². The van der Waals surface area contributed by atoms with Gasteiger partial charge in [-0.15, -0.1) is 0 Å². The van der Waals surface area contributed by atoms with Crippen molar-refractivity contribution in [3.05, 3.63) is 71.8 Å². The van der Waals surface area contributed by atoms with E-state index in [9.17, 15) is 9.59 Å². The Kier molecular flexibility index (Phi) is 6.36. The zero-order valence-corrected chi connectivity index (χ0v) is 13.1. The Morgan fingerprint density at radius 2 is 1.57 bits per heavy atom. The van der Waals surface area contributed by atoms with Crippen LogP contribution in [0.1, 0.15) is 41.8 Å². The average molecular weight is 312 g/mol. The number of benzene rings is 2. The maximum atomic E-state index is 12.2. The van der Waals surface area contributed by atoms with Crippen molar-refractivity contribution in [3.8, 4) is 0 Å². The molecule has 0 saturated heterocycles. The molecule has 0 fully saturated rings.